The van der Waals surface area contributed by atoms with Crippen LogP contribution in [-0.2, 0) is 23.0 Å². The molecule has 0 aliphatic carbocycles. The molecule has 4 rings (SSSR count). The van der Waals surface area contributed by atoms with Crippen molar-refractivity contribution in [1.29, 1.82) is 0 Å². The highest BCUT2D eigenvalue weighted by Gasteiger charge is 2.27. The number of hydrogen-bond donors (Lipinski definition) is 1. The Morgan fingerprint density at radius 2 is 2.00 bits per heavy atom. The van der Waals surface area contributed by atoms with Gasteiger partial charge in [-0.3, -0.25) is 4.90 Å². The molecule has 0 spiro atoms. The van der Waals surface area contributed by atoms with Crippen LogP contribution in [0.1, 0.15) is 22.7 Å². The van der Waals surface area contributed by atoms with E-state index in [1.54, 1.807) is 11.3 Å². The molecular formula is C22H23FN2O3S2. The Bertz CT molecular complexity index is 1120. The van der Waals surface area contributed by atoms with Gasteiger partial charge in [0.25, 0.3) is 0 Å². The minimum Gasteiger partial charge on any atom is -0.494 e. The van der Waals surface area contributed by atoms with E-state index in [2.05, 4.69) is 21.8 Å². The highest BCUT2D eigenvalue weighted by Crippen LogP contribution is 2.29. The first-order chi connectivity index (χ1) is 14.5. The van der Waals surface area contributed by atoms with Crippen LogP contribution in [0.4, 0.5) is 4.39 Å². The summed E-state index contributed by atoms with van der Waals surface area (Å²) in [5.41, 5.74) is 3.68. The monoisotopic (exact) mass is 446 g/mol. The van der Waals surface area contributed by atoms with Gasteiger partial charge in [-0.1, -0.05) is 24.3 Å². The summed E-state index contributed by atoms with van der Waals surface area (Å²) in [6.45, 7) is 1.81. The molecule has 0 saturated carbocycles. The maximum absolute atomic E-state index is 14.0. The van der Waals surface area contributed by atoms with E-state index in [-0.39, 0.29) is 23.2 Å². The van der Waals surface area contributed by atoms with E-state index >= 15 is 0 Å². The lowest BCUT2D eigenvalue weighted by Gasteiger charge is -2.35. The van der Waals surface area contributed by atoms with Crippen molar-refractivity contribution >= 4 is 21.4 Å². The SMILES string of the molecule is COc1ccc(S(=O)(=O)NC[C@@H](c2ccsc2)N2CCc3ccccc3C2)cc1F. The van der Waals surface area contributed by atoms with Gasteiger partial charge >= 0.3 is 0 Å². The van der Waals surface area contributed by atoms with Crippen molar-refractivity contribution in [3.63, 3.8) is 0 Å². The highest BCUT2D eigenvalue weighted by molar-refractivity contribution is 7.89. The molecule has 1 N–H and O–H groups in total. The Balaban J connectivity index is 1.54. The second kappa shape index (κ2) is 8.85. The number of sulfonamides is 1. The number of nitrogens with one attached hydrogen (secondary N) is 1. The van der Waals surface area contributed by atoms with E-state index in [0.717, 1.165) is 31.1 Å². The zero-order valence-corrected chi connectivity index (χ0v) is 18.2. The minimum atomic E-state index is -3.86. The molecule has 1 aliphatic heterocycles. The zero-order chi connectivity index (χ0) is 21.1. The van der Waals surface area contributed by atoms with Crippen LogP contribution in [0.5, 0.6) is 5.75 Å². The van der Waals surface area contributed by atoms with E-state index < -0.39 is 15.8 Å². The second-order valence-electron chi connectivity index (χ2n) is 7.21. The van der Waals surface area contributed by atoms with Crippen molar-refractivity contribution in [3.05, 3.63) is 81.8 Å². The number of nitrogens with zero attached hydrogens (tertiary/aromatic N) is 1. The van der Waals surface area contributed by atoms with Gasteiger partial charge < -0.3 is 4.74 Å². The molecule has 0 saturated heterocycles. The maximum atomic E-state index is 14.0. The Morgan fingerprint density at radius 1 is 1.20 bits per heavy atom. The van der Waals surface area contributed by atoms with Gasteiger partial charge in [-0.25, -0.2) is 17.5 Å². The van der Waals surface area contributed by atoms with Crippen LogP contribution in [-0.4, -0.2) is 33.5 Å². The largest absolute Gasteiger partial charge is 0.494 e. The van der Waals surface area contributed by atoms with E-state index in [9.17, 15) is 12.8 Å². The van der Waals surface area contributed by atoms with Crippen LogP contribution in [0.25, 0.3) is 0 Å². The lowest BCUT2D eigenvalue weighted by Crippen LogP contribution is -2.40. The lowest BCUT2D eigenvalue weighted by atomic mass is 9.97. The smallest absolute Gasteiger partial charge is 0.240 e. The number of thiophene rings is 1. The normalized spacial score (nSPS) is 15.5. The molecule has 1 aliphatic rings. The molecule has 8 heteroatoms. The summed E-state index contributed by atoms with van der Waals surface area (Å²) in [6, 6.07) is 13.9. The van der Waals surface area contributed by atoms with Crippen molar-refractivity contribution < 1.29 is 17.5 Å². The van der Waals surface area contributed by atoms with Crippen molar-refractivity contribution in [2.75, 3.05) is 20.2 Å². The number of methoxy groups -OCH3 is 1. The summed E-state index contributed by atoms with van der Waals surface area (Å²) in [7, 11) is -2.52. The number of fused-ring (bicyclic) bond motifs is 1. The number of ether oxygens (including phenoxy) is 1. The summed E-state index contributed by atoms with van der Waals surface area (Å²) in [5.74, 6) is -0.695. The first-order valence-corrected chi connectivity index (χ1v) is 12.1. The molecule has 158 valence electrons. The first-order valence-electron chi connectivity index (χ1n) is 9.64. The fourth-order valence-corrected chi connectivity index (χ4v) is 5.55. The van der Waals surface area contributed by atoms with Crippen molar-refractivity contribution in [2.45, 2.75) is 23.9 Å². The molecule has 0 radical (unpaired) electrons. The third-order valence-corrected chi connectivity index (χ3v) is 7.55. The molecule has 2 heterocycles. The molecule has 1 atom stereocenters. The van der Waals surface area contributed by atoms with Gasteiger partial charge in [0.15, 0.2) is 11.6 Å². The highest BCUT2D eigenvalue weighted by atomic mass is 32.2. The van der Waals surface area contributed by atoms with Gasteiger partial charge in [0.05, 0.1) is 12.0 Å². The fourth-order valence-electron chi connectivity index (χ4n) is 3.79. The Morgan fingerprint density at radius 3 is 2.70 bits per heavy atom. The molecule has 1 aromatic heterocycles. The zero-order valence-electron chi connectivity index (χ0n) is 16.5. The van der Waals surface area contributed by atoms with Crippen LogP contribution in [0.15, 0.2) is 64.2 Å². The van der Waals surface area contributed by atoms with Gasteiger partial charge in [-0.2, -0.15) is 11.3 Å². The van der Waals surface area contributed by atoms with E-state index in [0.29, 0.717) is 0 Å². The molecule has 0 unspecified atom stereocenters. The van der Waals surface area contributed by atoms with Crippen molar-refractivity contribution in [1.82, 2.24) is 9.62 Å². The average Bonchev–Trinajstić information content (AvgIpc) is 3.28. The van der Waals surface area contributed by atoms with E-state index in [4.69, 9.17) is 4.74 Å². The summed E-state index contributed by atoms with van der Waals surface area (Å²) in [5, 5.41) is 4.04. The molecule has 0 fully saturated rings. The van der Waals surface area contributed by atoms with Crippen LogP contribution in [0.2, 0.25) is 0 Å². The van der Waals surface area contributed by atoms with E-state index in [1.165, 1.54) is 30.4 Å². The van der Waals surface area contributed by atoms with E-state index in [1.807, 2.05) is 29.0 Å². The van der Waals surface area contributed by atoms with Crippen molar-refractivity contribution in [3.8, 4) is 5.75 Å². The molecule has 30 heavy (non-hydrogen) atoms. The lowest BCUT2D eigenvalue weighted by molar-refractivity contribution is 0.181. The van der Waals surface area contributed by atoms with Gasteiger partial charge in [-0.05, 0) is 58.1 Å². The third kappa shape index (κ3) is 4.41. The Kier molecular flexibility index (Phi) is 6.19. The molecular weight excluding hydrogens is 423 g/mol. The Hall–Kier alpha value is -2.26. The summed E-state index contributed by atoms with van der Waals surface area (Å²) in [4.78, 5) is 2.18. The molecule has 0 bridgehead atoms. The standard InChI is InChI=1S/C22H23FN2O3S2/c1-28-22-7-6-19(12-20(22)23)30(26,27)24-13-21(18-9-11-29-15-18)25-10-8-16-4-2-3-5-17(16)14-25/h2-7,9,11-12,15,21,24H,8,10,13-14H2,1H3/t21-/m0/s1. The molecule has 0 amide bonds. The van der Waals surface area contributed by atoms with Crippen LogP contribution in [0, 0.1) is 5.82 Å². The van der Waals surface area contributed by atoms with Crippen molar-refractivity contribution in [2.24, 2.45) is 0 Å². The van der Waals surface area contributed by atoms with Crippen LogP contribution >= 0.6 is 11.3 Å². The Labute approximate surface area is 180 Å². The number of benzene rings is 2. The topological polar surface area (TPSA) is 58.6 Å². The second-order valence-corrected chi connectivity index (χ2v) is 9.76. The maximum Gasteiger partial charge on any atom is 0.240 e. The minimum absolute atomic E-state index is 0.0112. The number of halogens is 1. The summed E-state index contributed by atoms with van der Waals surface area (Å²) < 4.78 is 47.2. The molecule has 3 aromatic rings. The predicted octanol–water partition coefficient (Wildman–Crippen LogP) is 3.97. The number of rotatable bonds is 7. The average molecular weight is 447 g/mol. The van der Waals surface area contributed by atoms with Crippen LogP contribution < -0.4 is 9.46 Å². The summed E-state index contributed by atoms with van der Waals surface area (Å²) in [6.07, 6.45) is 0.924. The quantitative estimate of drug-likeness (QED) is 0.597. The predicted molar refractivity (Wildman–Crippen MR) is 116 cm³/mol. The molecule has 5 nitrogen and oxygen atoms in total. The first kappa shape index (κ1) is 21.0. The van der Waals surface area contributed by atoms with Gasteiger partial charge in [-0.15, -0.1) is 0 Å². The number of hydrogen-bond acceptors (Lipinski definition) is 5. The third-order valence-electron chi connectivity index (χ3n) is 5.43. The summed E-state index contributed by atoms with van der Waals surface area (Å²) >= 11 is 1.59. The van der Waals surface area contributed by atoms with Gasteiger partial charge in [0.2, 0.25) is 10.0 Å². The van der Waals surface area contributed by atoms with Crippen LogP contribution in [0.3, 0.4) is 0 Å². The van der Waals surface area contributed by atoms with Gasteiger partial charge in [0, 0.05) is 25.7 Å². The molecule has 2 aromatic carbocycles. The van der Waals surface area contributed by atoms with Gasteiger partial charge in [0.1, 0.15) is 0 Å². The fraction of sp³-hybridized carbons (Fsp3) is 0.273.